The molecule has 18 heavy (non-hydrogen) atoms. The molecule has 2 nitrogen and oxygen atoms in total. The third-order valence-electron chi connectivity index (χ3n) is 2.85. The Morgan fingerprint density at radius 3 is 2.61 bits per heavy atom. The van der Waals surface area contributed by atoms with Crippen LogP contribution in [0.1, 0.15) is 22.5 Å². The number of benzene rings is 1. The van der Waals surface area contributed by atoms with E-state index in [0.717, 1.165) is 0 Å². The summed E-state index contributed by atoms with van der Waals surface area (Å²) in [5.41, 5.74) is 6.08. The van der Waals surface area contributed by atoms with E-state index in [2.05, 4.69) is 0 Å². The number of aliphatic hydroxyl groups is 1. The molecular formula is C13H13ClFNOS. The molecule has 3 N–H and O–H groups in total. The highest BCUT2D eigenvalue weighted by Crippen LogP contribution is 2.37. The standard InChI is InChI=1S/C13H13ClFNOS/c14-10-5-6-18-13(10)12(17)9(7-16)8-3-1-2-4-11(8)15/h1-6,9,12,17H,7,16H2. The van der Waals surface area contributed by atoms with E-state index in [1.54, 1.807) is 29.6 Å². The Morgan fingerprint density at radius 2 is 2.06 bits per heavy atom. The summed E-state index contributed by atoms with van der Waals surface area (Å²) in [4.78, 5) is 0.621. The maximum Gasteiger partial charge on any atom is 0.126 e. The second kappa shape index (κ2) is 5.80. The quantitative estimate of drug-likeness (QED) is 0.905. The SMILES string of the molecule is NCC(c1ccccc1F)C(O)c1sccc1Cl. The van der Waals surface area contributed by atoms with Crippen LogP contribution in [0.5, 0.6) is 0 Å². The second-order valence-electron chi connectivity index (χ2n) is 3.94. The van der Waals surface area contributed by atoms with Crippen LogP contribution in [0.3, 0.4) is 0 Å². The van der Waals surface area contributed by atoms with Crippen LogP contribution in [0.2, 0.25) is 5.02 Å². The van der Waals surface area contributed by atoms with Crippen LogP contribution >= 0.6 is 22.9 Å². The molecule has 2 unspecified atom stereocenters. The molecule has 0 aliphatic rings. The van der Waals surface area contributed by atoms with Crippen molar-refractivity contribution in [2.75, 3.05) is 6.54 Å². The van der Waals surface area contributed by atoms with Gasteiger partial charge in [0.2, 0.25) is 0 Å². The van der Waals surface area contributed by atoms with Gasteiger partial charge in [0.15, 0.2) is 0 Å². The summed E-state index contributed by atoms with van der Waals surface area (Å²) >= 11 is 7.32. The van der Waals surface area contributed by atoms with Crippen molar-refractivity contribution >= 4 is 22.9 Å². The average molecular weight is 286 g/mol. The van der Waals surface area contributed by atoms with Gasteiger partial charge in [-0.05, 0) is 23.1 Å². The Hall–Kier alpha value is -0.940. The summed E-state index contributed by atoms with van der Waals surface area (Å²) in [5.74, 6) is -0.859. The van der Waals surface area contributed by atoms with Crippen molar-refractivity contribution in [3.8, 4) is 0 Å². The second-order valence-corrected chi connectivity index (χ2v) is 5.30. The number of hydrogen-bond acceptors (Lipinski definition) is 3. The van der Waals surface area contributed by atoms with Gasteiger partial charge in [0, 0.05) is 12.5 Å². The lowest BCUT2D eigenvalue weighted by Crippen LogP contribution is -2.20. The van der Waals surface area contributed by atoms with Gasteiger partial charge in [-0.25, -0.2) is 4.39 Å². The van der Waals surface area contributed by atoms with Crippen LogP contribution in [0, 0.1) is 5.82 Å². The van der Waals surface area contributed by atoms with Crippen LogP contribution in [-0.4, -0.2) is 11.7 Å². The number of aliphatic hydroxyl groups excluding tert-OH is 1. The summed E-state index contributed by atoms with van der Waals surface area (Å²) in [7, 11) is 0. The van der Waals surface area contributed by atoms with Crippen LogP contribution in [0.25, 0.3) is 0 Å². The number of nitrogens with two attached hydrogens (primary N) is 1. The van der Waals surface area contributed by atoms with E-state index < -0.39 is 12.0 Å². The van der Waals surface area contributed by atoms with Crippen molar-refractivity contribution in [2.24, 2.45) is 5.73 Å². The molecule has 0 saturated carbocycles. The Labute approximate surface area is 114 Å². The molecule has 2 rings (SSSR count). The lowest BCUT2D eigenvalue weighted by Gasteiger charge is -2.21. The van der Waals surface area contributed by atoms with E-state index in [0.29, 0.717) is 15.5 Å². The van der Waals surface area contributed by atoms with E-state index in [4.69, 9.17) is 17.3 Å². The Bertz CT molecular complexity index is 531. The van der Waals surface area contributed by atoms with Crippen LogP contribution in [-0.2, 0) is 0 Å². The van der Waals surface area contributed by atoms with Crippen LogP contribution in [0.4, 0.5) is 4.39 Å². The van der Waals surface area contributed by atoms with Crippen molar-refractivity contribution in [1.29, 1.82) is 0 Å². The van der Waals surface area contributed by atoms with Crippen molar-refractivity contribution < 1.29 is 9.50 Å². The van der Waals surface area contributed by atoms with Crippen LogP contribution in [0.15, 0.2) is 35.7 Å². The predicted octanol–water partition coefficient (Wildman–Crippen LogP) is 3.32. The maximum absolute atomic E-state index is 13.7. The molecule has 0 radical (unpaired) electrons. The molecule has 0 bridgehead atoms. The molecule has 96 valence electrons. The lowest BCUT2D eigenvalue weighted by atomic mass is 9.92. The first-order valence-electron chi connectivity index (χ1n) is 5.50. The molecule has 1 aromatic carbocycles. The van der Waals surface area contributed by atoms with Crippen LogP contribution < -0.4 is 5.73 Å². The zero-order valence-corrected chi connectivity index (χ0v) is 11.1. The molecule has 1 aromatic heterocycles. The molecule has 0 spiro atoms. The minimum Gasteiger partial charge on any atom is -0.387 e. The minimum absolute atomic E-state index is 0.149. The normalized spacial score (nSPS) is 14.4. The molecule has 0 amide bonds. The topological polar surface area (TPSA) is 46.2 Å². The molecular weight excluding hydrogens is 273 g/mol. The van der Waals surface area contributed by atoms with E-state index in [-0.39, 0.29) is 12.4 Å². The van der Waals surface area contributed by atoms with E-state index in [1.807, 2.05) is 0 Å². The first kappa shape index (κ1) is 13.5. The molecule has 0 aliphatic heterocycles. The smallest absolute Gasteiger partial charge is 0.126 e. The number of thiophene rings is 1. The molecule has 1 heterocycles. The summed E-state index contributed by atoms with van der Waals surface area (Å²) in [6, 6.07) is 8.04. The van der Waals surface area contributed by atoms with E-state index >= 15 is 0 Å². The highest BCUT2D eigenvalue weighted by Gasteiger charge is 2.26. The van der Waals surface area contributed by atoms with Gasteiger partial charge in [0.25, 0.3) is 0 Å². The molecule has 0 saturated heterocycles. The van der Waals surface area contributed by atoms with Crippen molar-refractivity contribution in [3.05, 3.63) is 57.0 Å². The monoisotopic (exact) mass is 285 g/mol. The Kier molecular flexibility index (Phi) is 4.35. The van der Waals surface area contributed by atoms with Gasteiger partial charge in [-0.1, -0.05) is 29.8 Å². The summed E-state index contributed by atoms with van der Waals surface area (Å²) < 4.78 is 13.7. The Balaban J connectivity index is 2.35. The van der Waals surface area contributed by atoms with Gasteiger partial charge in [-0.15, -0.1) is 11.3 Å². The molecule has 0 fully saturated rings. The fourth-order valence-electron chi connectivity index (χ4n) is 1.90. The van der Waals surface area contributed by atoms with Gasteiger partial charge in [0.1, 0.15) is 5.82 Å². The minimum atomic E-state index is -0.889. The predicted molar refractivity (Wildman–Crippen MR) is 72.5 cm³/mol. The average Bonchev–Trinajstić information content (AvgIpc) is 2.78. The molecule has 2 atom stereocenters. The first-order valence-corrected chi connectivity index (χ1v) is 6.76. The van der Waals surface area contributed by atoms with Gasteiger partial charge in [0.05, 0.1) is 16.0 Å². The Morgan fingerprint density at radius 1 is 1.33 bits per heavy atom. The molecule has 5 heteroatoms. The molecule has 2 aromatic rings. The largest absolute Gasteiger partial charge is 0.387 e. The van der Waals surface area contributed by atoms with Crippen molar-refractivity contribution in [2.45, 2.75) is 12.0 Å². The lowest BCUT2D eigenvalue weighted by molar-refractivity contribution is 0.149. The van der Waals surface area contributed by atoms with Crippen molar-refractivity contribution in [3.63, 3.8) is 0 Å². The third kappa shape index (κ3) is 2.57. The highest BCUT2D eigenvalue weighted by atomic mass is 35.5. The van der Waals surface area contributed by atoms with Crippen molar-refractivity contribution in [1.82, 2.24) is 0 Å². The summed E-state index contributed by atoms with van der Waals surface area (Å²) in [6.07, 6.45) is -0.889. The summed E-state index contributed by atoms with van der Waals surface area (Å²) in [5, 5.41) is 12.6. The zero-order valence-electron chi connectivity index (χ0n) is 9.51. The highest BCUT2D eigenvalue weighted by molar-refractivity contribution is 7.10. The van der Waals surface area contributed by atoms with Gasteiger partial charge in [-0.3, -0.25) is 0 Å². The maximum atomic E-state index is 13.7. The van der Waals surface area contributed by atoms with Gasteiger partial charge in [-0.2, -0.15) is 0 Å². The number of hydrogen-bond donors (Lipinski definition) is 2. The fourth-order valence-corrected chi connectivity index (χ4v) is 3.12. The van der Waals surface area contributed by atoms with Gasteiger partial charge >= 0.3 is 0 Å². The molecule has 0 aliphatic carbocycles. The van der Waals surface area contributed by atoms with E-state index in [9.17, 15) is 9.50 Å². The fraction of sp³-hybridized carbons (Fsp3) is 0.231. The third-order valence-corrected chi connectivity index (χ3v) is 4.28. The first-order chi connectivity index (χ1) is 8.65. The number of rotatable bonds is 4. The van der Waals surface area contributed by atoms with Gasteiger partial charge < -0.3 is 10.8 Å². The number of halogens is 2. The summed E-state index contributed by atoms with van der Waals surface area (Å²) in [6.45, 7) is 0.149. The zero-order chi connectivity index (χ0) is 13.1. The van der Waals surface area contributed by atoms with E-state index in [1.165, 1.54) is 17.4 Å².